The van der Waals surface area contributed by atoms with Gasteiger partial charge in [0, 0.05) is 37.4 Å². The number of carbonyl (C=O) groups excluding carboxylic acids is 4. The van der Waals surface area contributed by atoms with Crippen molar-refractivity contribution >= 4 is 39.9 Å². The maximum absolute atomic E-state index is 13.8. The van der Waals surface area contributed by atoms with Crippen molar-refractivity contribution in [2.45, 2.75) is 84.3 Å². The zero-order valence-corrected chi connectivity index (χ0v) is 27.2. The van der Waals surface area contributed by atoms with E-state index in [1.807, 2.05) is 41.1 Å². The summed E-state index contributed by atoms with van der Waals surface area (Å²) in [5, 5.41) is 10.6. The third kappa shape index (κ3) is 8.84. The number of nitrogens with zero attached hydrogens (tertiary/aromatic N) is 3. The van der Waals surface area contributed by atoms with Gasteiger partial charge in [-0.15, -0.1) is 11.3 Å². The van der Waals surface area contributed by atoms with Crippen molar-refractivity contribution in [1.29, 1.82) is 0 Å². The minimum atomic E-state index is -1.13. The van der Waals surface area contributed by atoms with Crippen molar-refractivity contribution in [3.8, 4) is 5.75 Å². The summed E-state index contributed by atoms with van der Waals surface area (Å²) in [5.41, 5.74) is 2.54. The number of benzene rings is 1. The maximum Gasteiger partial charge on any atom is 0.243 e. The Labute approximate surface area is 268 Å². The molecule has 2 aliphatic rings. The van der Waals surface area contributed by atoms with Crippen molar-refractivity contribution < 1.29 is 23.9 Å². The van der Waals surface area contributed by atoms with Gasteiger partial charge in [0.2, 0.25) is 23.6 Å². The molecule has 11 nitrogen and oxygen atoms in total. The fourth-order valence-electron chi connectivity index (χ4n) is 5.93. The molecule has 5 rings (SSSR count). The van der Waals surface area contributed by atoms with Crippen LogP contribution in [0.15, 0.2) is 36.0 Å². The van der Waals surface area contributed by atoms with Crippen LogP contribution in [0, 0.1) is 18.8 Å². The summed E-state index contributed by atoms with van der Waals surface area (Å²) in [6.07, 6.45) is 7.21. The first kappa shape index (κ1) is 32.5. The Hall–Kier alpha value is -3.93. The number of imidazole rings is 1. The van der Waals surface area contributed by atoms with Crippen molar-refractivity contribution in [3.63, 3.8) is 0 Å². The highest BCUT2D eigenvalue weighted by atomic mass is 32.1. The summed E-state index contributed by atoms with van der Waals surface area (Å²) in [4.78, 5) is 61.1. The van der Waals surface area contributed by atoms with Crippen LogP contribution in [0.25, 0.3) is 4.96 Å². The van der Waals surface area contributed by atoms with Crippen molar-refractivity contribution in [3.05, 3.63) is 52.8 Å². The van der Waals surface area contributed by atoms with Crippen molar-refractivity contribution in [2.24, 2.45) is 11.8 Å². The van der Waals surface area contributed by atoms with E-state index in [-0.39, 0.29) is 37.1 Å². The molecule has 4 heterocycles. The van der Waals surface area contributed by atoms with Gasteiger partial charge in [-0.25, -0.2) is 4.98 Å². The average Bonchev–Trinajstić information content (AvgIpc) is 3.60. The Morgan fingerprint density at radius 1 is 1.20 bits per heavy atom. The summed E-state index contributed by atoms with van der Waals surface area (Å²) in [6, 6.07) is 3.91. The summed E-state index contributed by atoms with van der Waals surface area (Å²) >= 11 is 1.46. The Bertz CT molecular complexity index is 1490. The molecular formula is C33H44N6O5S. The van der Waals surface area contributed by atoms with Gasteiger partial charge in [-0.3, -0.25) is 23.6 Å². The molecule has 12 heteroatoms. The fraction of sp³-hybridized carbons (Fsp3) is 0.545. The monoisotopic (exact) mass is 636 g/mol. The molecule has 2 aromatic heterocycles. The second-order valence-electron chi connectivity index (χ2n) is 12.6. The normalized spacial score (nSPS) is 21.9. The van der Waals surface area contributed by atoms with Gasteiger partial charge in [-0.05, 0) is 74.1 Å². The highest BCUT2D eigenvalue weighted by molar-refractivity contribution is 7.15. The molecule has 1 saturated heterocycles. The first-order valence-corrected chi connectivity index (χ1v) is 16.8. The topological polar surface area (TPSA) is 134 Å². The lowest BCUT2D eigenvalue weighted by molar-refractivity contribution is -0.138. The number of carbonyl (C=O) groups is 4. The van der Waals surface area contributed by atoms with Crippen LogP contribution in [0.5, 0.6) is 5.75 Å². The predicted octanol–water partition coefficient (Wildman–Crippen LogP) is 3.38. The molecule has 3 aromatic rings. The van der Waals surface area contributed by atoms with E-state index in [0.29, 0.717) is 44.1 Å². The van der Waals surface area contributed by atoms with Crippen LogP contribution in [0.3, 0.4) is 0 Å². The van der Waals surface area contributed by atoms with Gasteiger partial charge in [-0.1, -0.05) is 19.9 Å². The van der Waals surface area contributed by atoms with E-state index in [4.69, 9.17) is 4.74 Å². The van der Waals surface area contributed by atoms with Gasteiger partial charge in [0.05, 0.1) is 25.1 Å². The highest BCUT2D eigenvalue weighted by Gasteiger charge is 2.32. The summed E-state index contributed by atoms with van der Waals surface area (Å²) in [7, 11) is 0. The summed E-state index contributed by atoms with van der Waals surface area (Å²) in [6.45, 7) is 8.09. The van der Waals surface area contributed by atoms with Gasteiger partial charge < -0.3 is 25.6 Å². The van der Waals surface area contributed by atoms with E-state index in [1.165, 1.54) is 11.3 Å². The van der Waals surface area contributed by atoms with E-state index in [0.717, 1.165) is 41.1 Å². The molecule has 242 valence electrons. The number of fused-ring (bicyclic) bond motifs is 5. The number of nitrogens with one attached hydrogen (secondary N) is 3. The smallest absolute Gasteiger partial charge is 0.243 e. The third-order valence-electron chi connectivity index (χ3n) is 8.62. The van der Waals surface area contributed by atoms with Crippen LogP contribution < -0.4 is 20.7 Å². The average molecular weight is 637 g/mol. The van der Waals surface area contributed by atoms with E-state index in [2.05, 4.69) is 34.8 Å². The second kappa shape index (κ2) is 14.9. The van der Waals surface area contributed by atoms with Crippen molar-refractivity contribution in [2.75, 3.05) is 19.7 Å². The Morgan fingerprint density at radius 2 is 2.04 bits per heavy atom. The molecule has 4 amide bonds. The van der Waals surface area contributed by atoms with Crippen LogP contribution in [0.1, 0.15) is 69.2 Å². The first-order valence-electron chi connectivity index (χ1n) is 15.9. The van der Waals surface area contributed by atoms with Crippen LogP contribution in [-0.2, 0) is 32.1 Å². The van der Waals surface area contributed by atoms with Crippen LogP contribution in [0.4, 0.5) is 0 Å². The lowest BCUT2D eigenvalue weighted by Gasteiger charge is -2.34. The molecule has 0 spiro atoms. The first-order chi connectivity index (χ1) is 21.6. The Kier molecular flexibility index (Phi) is 10.7. The summed E-state index contributed by atoms with van der Waals surface area (Å²) < 4.78 is 7.93. The van der Waals surface area contributed by atoms with Gasteiger partial charge in [0.15, 0.2) is 4.96 Å². The number of rotatable bonds is 6. The molecular weight excluding hydrogens is 592 g/mol. The zero-order valence-electron chi connectivity index (χ0n) is 26.3. The predicted molar refractivity (Wildman–Crippen MR) is 172 cm³/mol. The number of ether oxygens (including phenoxy) is 1. The van der Waals surface area contributed by atoms with Gasteiger partial charge >= 0.3 is 0 Å². The molecule has 3 N–H and O–H groups in total. The van der Waals surface area contributed by atoms with E-state index < -0.39 is 23.9 Å². The third-order valence-corrected chi connectivity index (χ3v) is 9.39. The minimum absolute atomic E-state index is 0.0339. The van der Waals surface area contributed by atoms with Gasteiger partial charge in [-0.2, -0.15) is 0 Å². The second-order valence-corrected chi connectivity index (χ2v) is 13.5. The molecule has 45 heavy (non-hydrogen) atoms. The molecule has 4 bridgehead atoms. The molecule has 1 unspecified atom stereocenters. The zero-order chi connectivity index (χ0) is 31.9. The molecule has 2 aliphatic heterocycles. The van der Waals surface area contributed by atoms with E-state index in [1.54, 1.807) is 11.1 Å². The lowest BCUT2D eigenvalue weighted by atomic mass is 9.94. The Morgan fingerprint density at radius 3 is 2.84 bits per heavy atom. The SMILES string of the molecule is Cc1ccc2cc1CNC(=O)[C@H](CCC(C)C)NC(=O)[C@@H](NC(=O)Cc1cn3ccsc3n1)CC(=O)N1CCCC(CCO2)C1. The summed E-state index contributed by atoms with van der Waals surface area (Å²) in [5.74, 6) is -0.139. The molecule has 0 radical (unpaired) electrons. The van der Waals surface area contributed by atoms with Crippen LogP contribution in [0.2, 0.25) is 0 Å². The largest absolute Gasteiger partial charge is 0.494 e. The van der Waals surface area contributed by atoms with Crippen molar-refractivity contribution in [1.82, 2.24) is 30.2 Å². The minimum Gasteiger partial charge on any atom is -0.494 e. The van der Waals surface area contributed by atoms with Gasteiger partial charge in [0.1, 0.15) is 17.8 Å². The lowest BCUT2D eigenvalue weighted by Crippen LogP contribution is -2.55. The van der Waals surface area contributed by atoms with E-state index in [9.17, 15) is 19.2 Å². The Balaban J connectivity index is 1.37. The van der Waals surface area contributed by atoms with Crippen LogP contribution in [-0.4, -0.2) is 69.7 Å². The number of piperidine rings is 1. The standard InChI is InChI=1S/C33H44N6O5S/c1-21(2)6-9-27-31(42)34-18-24-15-26(8-7-22(24)3)44-13-10-23-5-4-11-38(19-23)30(41)17-28(32(43)37-27)36-29(40)16-25-20-39-12-14-45-33(39)35-25/h7-8,12,14-15,20-21,23,27-28H,4-6,9-11,13,16-19H2,1-3H3,(H,34,42)(H,36,40)(H,37,43)/t23?,27-,28-/m0/s1. The van der Waals surface area contributed by atoms with E-state index >= 15 is 0 Å². The molecule has 0 saturated carbocycles. The van der Waals surface area contributed by atoms with Crippen LogP contribution >= 0.6 is 11.3 Å². The van der Waals surface area contributed by atoms with Gasteiger partial charge in [0.25, 0.3) is 0 Å². The molecule has 3 atom stereocenters. The maximum atomic E-state index is 13.8. The number of amides is 4. The highest BCUT2D eigenvalue weighted by Crippen LogP contribution is 2.23. The molecule has 1 fully saturated rings. The number of aryl methyl sites for hydroxylation is 1. The number of hydrogen-bond acceptors (Lipinski definition) is 7. The fourth-order valence-corrected chi connectivity index (χ4v) is 6.65. The quantitative estimate of drug-likeness (QED) is 0.380. The number of thiazole rings is 1. The number of hydrogen-bond donors (Lipinski definition) is 3. The molecule has 1 aromatic carbocycles. The molecule has 0 aliphatic carbocycles. The number of aromatic nitrogens is 2.